The zero-order valence-corrected chi connectivity index (χ0v) is 10.7. The maximum absolute atomic E-state index is 9.79. The molecule has 0 aliphatic heterocycles. The van der Waals surface area contributed by atoms with Crippen molar-refractivity contribution in [3.63, 3.8) is 0 Å². The number of aromatic nitrogens is 2. The molecule has 0 fully saturated rings. The Kier molecular flexibility index (Phi) is 2.92. The van der Waals surface area contributed by atoms with Crippen LogP contribution >= 0.6 is 0 Å². The van der Waals surface area contributed by atoms with Gasteiger partial charge in [-0.25, -0.2) is 4.68 Å². The Bertz CT molecular complexity index is 541. The lowest BCUT2D eigenvalue weighted by molar-refractivity contribution is 0.444. The lowest BCUT2D eigenvalue weighted by atomic mass is 10.1. The van der Waals surface area contributed by atoms with Crippen molar-refractivity contribution in [1.29, 1.82) is 0 Å². The summed E-state index contributed by atoms with van der Waals surface area (Å²) in [5, 5.41) is 14.0. The Labute approximate surface area is 102 Å². The molecule has 0 unspecified atom stereocenters. The minimum atomic E-state index is 0.122. The molecule has 2 rings (SSSR count). The SMILES string of the molecule is Cc1ccccc1-n1nc(O)c(C)c1C(C)C. The fourth-order valence-electron chi connectivity index (χ4n) is 2.16. The van der Waals surface area contributed by atoms with Gasteiger partial charge < -0.3 is 5.11 Å². The van der Waals surface area contributed by atoms with E-state index in [1.54, 1.807) is 0 Å². The molecule has 0 aliphatic carbocycles. The highest BCUT2D eigenvalue weighted by Crippen LogP contribution is 2.29. The third-order valence-electron chi connectivity index (χ3n) is 3.03. The highest BCUT2D eigenvalue weighted by molar-refractivity contribution is 5.44. The Morgan fingerprint density at radius 1 is 1.18 bits per heavy atom. The summed E-state index contributed by atoms with van der Waals surface area (Å²) in [6.45, 7) is 8.18. The van der Waals surface area contributed by atoms with E-state index in [-0.39, 0.29) is 5.88 Å². The normalized spacial score (nSPS) is 11.1. The lowest BCUT2D eigenvalue weighted by Crippen LogP contribution is -2.06. The summed E-state index contributed by atoms with van der Waals surface area (Å²) in [6.07, 6.45) is 0. The molecule has 0 saturated heterocycles. The zero-order valence-electron chi connectivity index (χ0n) is 10.7. The van der Waals surface area contributed by atoms with Gasteiger partial charge in [-0.15, -0.1) is 5.10 Å². The molecule has 1 aromatic carbocycles. The zero-order chi connectivity index (χ0) is 12.6. The van der Waals surface area contributed by atoms with Gasteiger partial charge in [-0.1, -0.05) is 32.0 Å². The highest BCUT2D eigenvalue weighted by Gasteiger charge is 2.18. The van der Waals surface area contributed by atoms with Gasteiger partial charge >= 0.3 is 0 Å². The maximum atomic E-state index is 9.79. The van der Waals surface area contributed by atoms with Crippen LogP contribution in [0.1, 0.15) is 36.6 Å². The number of rotatable bonds is 2. The lowest BCUT2D eigenvalue weighted by Gasteiger charge is -2.12. The minimum absolute atomic E-state index is 0.122. The fraction of sp³-hybridized carbons (Fsp3) is 0.357. The van der Waals surface area contributed by atoms with Crippen molar-refractivity contribution in [2.45, 2.75) is 33.6 Å². The predicted octanol–water partition coefficient (Wildman–Crippen LogP) is 3.32. The molecule has 0 amide bonds. The minimum Gasteiger partial charge on any atom is -0.492 e. The van der Waals surface area contributed by atoms with Crippen LogP contribution in [0.15, 0.2) is 24.3 Å². The first-order chi connectivity index (χ1) is 8.02. The summed E-state index contributed by atoms with van der Waals surface area (Å²) >= 11 is 0. The van der Waals surface area contributed by atoms with Crippen molar-refractivity contribution in [2.75, 3.05) is 0 Å². The molecule has 3 heteroatoms. The van der Waals surface area contributed by atoms with Crippen LogP contribution in [0, 0.1) is 13.8 Å². The molecule has 1 N–H and O–H groups in total. The second-order valence-corrected chi connectivity index (χ2v) is 4.69. The van der Waals surface area contributed by atoms with Crippen molar-refractivity contribution in [1.82, 2.24) is 9.78 Å². The van der Waals surface area contributed by atoms with Gasteiger partial charge in [0.15, 0.2) is 0 Å². The number of nitrogens with zero attached hydrogens (tertiary/aromatic N) is 2. The molecule has 1 aromatic heterocycles. The topological polar surface area (TPSA) is 38.0 Å². The van der Waals surface area contributed by atoms with E-state index >= 15 is 0 Å². The van der Waals surface area contributed by atoms with E-state index in [9.17, 15) is 5.11 Å². The Morgan fingerprint density at radius 3 is 2.41 bits per heavy atom. The molecule has 0 atom stereocenters. The van der Waals surface area contributed by atoms with Gasteiger partial charge in [0, 0.05) is 5.56 Å². The van der Waals surface area contributed by atoms with Crippen molar-refractivity contribution < 1.29 is 5.11 Å². The van der Waals surface area contributed by atoms with Crippen LogP contribution in [0.25, 0.3) is 5.69 Å². The summed E-state index contributed by atoms with van der Waals surface area (Å²) in [5.74, 6) is 0.444. The number of aryl methyl sites for hydroxylation is 1. The molecule has 0 bridgehead atoms. The van der Waals surface area contributed by atoms with Crippen molar-refractivity contribution in [3.8, 4) is 11.6 Å². The molecule has 0 saturated carbocycles. The quantitative estimate of drug-likeness (QED) is 0.859. The smallest absolute Gasteiger partial charge is 0.233 e. The first-order valence-electron chi connectivity index (χ1n) is 5.87. The van der Waals surface area contributed by atoms with Gasteiger partial charge in [-0.05, 0) is 31.4 Å². The second-order valence-electron chi connectivity index (χ2n) is 4.69. The molecule has 3 nitrogen and oxygen atoms in total. The average molecular weight is 230 g/mol. The molecule has 0 radical (unpaired) electrons. The average Bonchev–Trinajstić information content (AvgIpc) is 2.56. The van der Waals surface area contributed by atoms with Gasteiger partial charge in [0.05, 0.1) is 11.4 Å². The Morgan fingerprint density at radius 2 is 1.82 bits per heavy atom. The Balaban J connectivity index is 2.68. The van der Waals surface area contributed by atoms with Gasteiger partial charge in [-0.3, -0.25) is 0 Å². The number of para-hydroxylation sites is 1. The van der Waals surface area contributed by atoms with E-state index in [1.807, 2.05) is 42.8 Å². The van der Waals surface area contributed by atoms with Crippen LogP contribution in [0.3, 0.4) is 0 Å². The number of hydrogen-bond donors (Lipinski definition) is 1. The van der Waals surface area contributed by atoms with E-state index < -0.39 is 0 Å². The molecule has 0 aliphatic rings. The first-order valence-corrected chi connectivity index (χ1v) is 5.87. The van der Waals surface area contributed by atoms with Gasteiger partial charge in [0.1, 0.15) is 0 Å². The summed E-state index contributed by atoms with van der Waals surface area (Å²) < 4.78 is 1.85. The summed E-state index contributed by atoms with van der Waals surface area (Å²) in [6, 6.07) is 8.06. The van der Waals surface area contributed by atoms with Crippen LogP contribution in [0.4, 0.5) is 0 Å². The summed E-state index contributed by atoms with van der Waals surface area (Å²) in [4.78, 5) is 0. The van der Waals surface area contributed by atoms with Crippen LogP contribution in [-0.4, -0.2) is 14.9 Å². The van der Waals surface area contributed by atoms with E-state index in [2.05, 4.69) is 18.9 Å². The first kappa shape index (κ1) is 11.7. The Hall–Kier alpha value is -1.77. The van der Waals surface area contributed by atoms with E-state index in [4.69, 9.17) is 0 Å². The van der Waals surface area contributed by atoms with E-state index in [0.29, 0.717) is 5.92 Å². The molecule has 17 heavy (non-hydrogen) atoms. The van der Waals surface area contributed by atoms with E-state index in [1.165, 1.54) is 0 Å². The summed E-state index contributed by atoms with van der Waals surface area (Å²) in [7, 11) is 0. The largest absolute Gasteiger partial charge is 0.492 e. The third-order valence-corrected chi connectivity index (χ3v) is 3.03. The standard InChI is InChI=1S/C14H18N2O/c1-9(2)13-11(4)14(17)15-16(13)12-8-6-5-7-10(12)3/h5-9H,1-4H3,(H,15,17). The molecule has 2 aromatic rings. The molecular formula is C14H18N2O. The maximum Gasteiger partial charge on any atom is 0.233 e. The highest BCUT2D eigenvalue weighted by atomic mass is 16.3. The van der Waals surface area contributed by atoms with Crippen LogP contribution < -0.4 is 0 Å². The van der Waals surface area contributed by atoms with Crippen molar-refractivity contribution >= 4 is 0 Å². The number of aromatic hydroxyl groups is 1. The molecule has 0 spiro atoms. The number of benzene rings is 1. The van der Waals surface area contributed by atoms with Crippen LogP contribution in [0.5, 0.6) is 5.88 Å². The van der Waals surface area contributed by atoms with E-state index in [0.717, 1.165) is 22.5 Å². The molecular weight excluding hydrogens is 212 g/mol. The second kappa shape index (κ2) is 4.24. The predicted molar refractivity (Wildman–Crippen MR) is 68.8 cm³/mol. The summed E-state index contributed by atoms with van der Waals surface area (Å²) in [5.41, 5.74) is 4.11. The third kappa shape index (κ3) is 1.93. The van der Waals surface area contributed by atoms with Gasteiger partial charge in [0.25, 0.3) is 0 Å². The van der Waals surface area contributed by atoms with Gasteiger partial charge in [-0.2, -0.15) is 0 Å². The fourth-order valence-corrected chi connectivity index (χ4v) is 2.16. The van der Waals surface area contributed by atoms with Crippen LogP contribution in [0.2, 0.25) is 0 Å². The molecule has 1 heterocycles. The van der Waals surface area contributed by atoms with Crippen LogP contribution in [-0.2, 0) is 0 Å². The van der Waals surface area contributed by atoms with Crippen molar-refractivity contribution in [3.05, 3.63) is 41.1 Å². The molecule has 90 valence electrons. The van der Waals surface area contributed by atoms with Gasteiger partial charge in [0.2, 0.25) is 5.88 Å². The number of hydrogen-bond acceptors (Lipinski definition) is 2. The monoisotopic (exact) mass is 230 g/mol. The van der Waals surface area contributed by atoms with Crippen molar-refractivity contribution in [2.24, 2.45) is 0 Å².